The Balaban J connectivity index is 1.77. The van der Waals surface area contributed by atoms with Gasteiger partial charge in [0, 0.05) is 38.3 Å². The van der Waals surface area contributed by atoms with E-state index in [1.165, 1.54) is 25.7 Å². The highest BCUT2D eigenvalue weighted by molar-refractivity contribution is 5.79. The maximum Gasteiger partial charge on any atom is 0.227 e. The van der Waals surface area contributed by atoms with Crippen LogP contribution in [0.25, 0.3) is 0 Å². The zero-order valence-electron chi connectivity index (χ0n) is 14.9. The molecule has 1 saturated heterocycles. The van der Waals surface area contributed by atoms with Gasteiger partial charge in [-0.2, -0.15) is 0 Å². The lowest BCUT2D eigenvalue weighted by Gasteiger charge is -2.43. The van der Waals surface area contributed by atoms with Crippen molar-refractivity contribution in [1.29, 1.82) is 0 Å². The lowest BCUT2D eigenvalue weighted by molar-refractivity contribution is -0.137. The van der Waals surface area contributed by atoms with Crippen LogP contribution in [0.2, 0.25) is 0 Å². The molecule has 4 nitrogen and oxygen atoms in total. The Morgan fingerprint density at radius 3 is 1.95 bits per heavy atom. The first-order valence-corrected chi connectivity index (χ1v) is 9.18. The van der Waals surface area contributed by atoms with Crippen molar-refractivity contribution >= 4 is 5.91 Å². The Labute approximate surface area is 136 Å². The zero-order chi connectivity index (χ0) is 16.3. The van der Waals surface area contributed by atoms with Crippen LogP contribution in [0.3, 0.4) is 0 Å². The van der Waals surface area contributed by atoms with Crippen LogP contribution in [-0.2, 0) is 4.79 Å². The van der Waals surface area contributed by atoms with E-state index in [0.717, 1.165) is 44.1 Å². The van der Waals surface area contributed by atoms with Crippen molar-refractivity contribution < 1.29 is 4.79 Å². The van der Waals surface area contributed by atoms with Crippen molar-refractivity contribution in [3.8, 4) is 0 Å². The molecule has 1 heterocycles. The van der Waals surface area contributed by atoms with E-state index in [1.807, 2.05) is 18.7 Å². The largest absolute Gasteiger partial charge is 0.340 e. The minimum Gasteiger partial charge on any atom is -0.340 e. The van der Waals surface area contributed by atoms with Gasteiger partial charge >= 0.3 is 0 Å². The Bertz CT molecular complexity index is 353. The van der Waals surface area contributed by atoms with Gasteiger partial charge in [0.15, 0.2) is 0 Å². The molecule has 128 valence electrons. The van der Waals surface area contributed by atoms with Gasteiger partial charge in [0.05, 0.1) is 5.92 Å². The van der Waals surface area contributed by atoms with Crippen molar-refractivity contribution in [3.05, 3.63) is 0 Å². The second kappa shape index (κ2) is 7.78. The van der Waals surface area contributed by atoms with Gasteiger partial charge in [0.1, 0.15) is 0 Å². The summed E-state index contributed by atoms with van der Waals surface area (Å²) >= 11 is 0. The molecule has 0 bridgehead atoms. The van der Waals surface area contributed by atoms with Gasteiger partial charge in [-0.25, -0.2) is 0 Å². The summed E-state index contributed by atoms with van der Waals surface area (Å²) in [6.45, 7) is 12.4. The fourth-order valence-electron chi connectivity index (χ4n) is 3.95. The van der Waals surface area contributed by atoms with Crippen LogP contribution < -0.4 is 5.73 Å². The normalized spacial score (nSPS) is 30.4. The molecule has 1 aliphatic carbocycles. The molecule has 22 heavy (non-hydrogen) atoms. The van der Waals surface area contributed by atoms with E-state index in [-0.39, 0.29) is 17.9 Å². The number of carbonyl (C=O) groups is 1. The molecule has 2 rings (SSSR count). The van der Waals surface area contributed by atoms with E-state index in [4.69, 9.17) is 5.73 Å². The lowest BCUT2D eigenvalue weighted by Crippen LogP contribution is -2.54. The van der Waals surface area contributed by atoms with Gasteiger partial charge in [-0.3, -0.25) is 9.69 Å². The third-order valence-corrected chi connectivity index (χ3v) is 6.00. The molecule has 0 radical (unpaired) electrons. The number of hydrogen-bond donors (Lipinski definition) is 1. The molecule has 2 unspecified atom stereocenters. The summed E-state index contributed by atoms with van der Waals surface area (Å²) in [5.41, 5.74) is 5.87. The third kappa shape index (κ3) is 4.23. The smallest absolute Gasteiger partial charge is 0.227 e. The number of nitrogens with zero attached hydrogens (tertiary/aromatic N) is 2. The number of carbonyl (C=O) groups excluding carboxylic acids is 1. The molecule has 2 N–H and O–H groups in total. The molecule has 1 amide bonds. The van der Waals surface area contributed by atoms with E-state index in [2.05, 4.69) is 18.7 Å². The van der Waals surface area contributed by atoms with Gasteiger partial charge in [-0.05, 0) is 44.4 Å². The van der Waals surface area contributed by atoms with Crippen molar-refractivity contribution in [2.24, 2.45) is 23.5 Å². The Kier molecular flexibility index (Phi) is 6.27. The zero-order valence-corrected chi connectivity index (χ0v) is 14.9. The minimum absolute atomic E-state index is 0.0585. The highest BCUT2D eigenvalue weighted by Crippen LogP contribution is 2.32. The molecular formula is C18H35N3O. The second-order valence-corrected chi connectivity index (χ2v) is 7.82. The van der Waals surface area contributed by atoms with Gasteiger partial charge in [-0.15, -0.1) is 0 Å². The van der Waals surface area contributed by atoms with Gasteiger partial charge in [-0.1, -0.05) is 20.8 Å². The summed E-state index contributed by atoms with van der Waals surface area (Å²) in [7, 11) is 0. The second-order valence-electron chi connectivity index (χ2n) is 7.82. The number of amides is 1. The maximum absolute atomic E-state index is 12.4. The van der Waals surface area contributed by atoms with E-state index in [0.29, 0.717) is 0 Å². The number of hydrogen-bond acceptors (Lipinski definition) is 3. The van der Waals surface area contributed by atoms with Crippen LogP contribution in [0, 0.1) is 17.8 Å². The van der Waals surface area contributed by atoms with E-state index < -0.39 is 0 Å². The van der Waals surface area contributed by atoms with Gasteiger partial charge in [0.2, 0.25) is 5.91 Å². The predicted molar refractivity (Wildman–Crippen MR) is 91.6 cm³/mol. The molecule has 2 fully saturated rings. The average molecular weight is 309 g/mol. The van der Waals surface area contributed by atoms with E-state index in [9.17, 15) is 4.79 Å². The monoisotopic (exact) mass is 309 g/mol. The van der Waals surface area contributed by atoms with E-state index >= 15 is 0 Å². The molecular weight excluding hydrogens is 274 g/mol. The molecule has 1 aliphatic heterocycles. The summed E-state index contributed by atoms with van der Waals surface area (Å²) in [5.74, 6) is 1.92. The van der Waals surface area contributed by atoms with Gasteiger partial charge in [0.25, 0.3) is 0 Å². The van der Waals surface area contributed by atoms with Crippen LogP contribution in [0.4, 0.5) is 0 Å². The quantitative estimate of drug-likeness (QED) is 0.867. The summed E-state index contributed by atoms with van der Waals surface area (Å²) in [5, 5.41) is 0. The molecule has 0 spiro atoms. The molecule has 0 aromatic heterocycles. The predicted octanol–water partition coefficient (Wildman–Crippen LogP) is 2.33. The van der Waals surface area contributed by atoms with Crippen LogP contribution in [-0.4, -0.2) is 54.0 Å². The molecule has 0 aromatic carbocycles. The molecule has 2 aliphatic rings. The van der Waals surface area contributed by atoms with Crippen molar-refractivity contribution in [1.82, 2.24) is 9.80 Å². The van der Waals surface area contributed by atoms with E-state index in [1.54, 1.807) is 0 Å². The van der Waals surface area contributed by atoms with Crippen LogP contribution in [0.15, 0.2) is 0 Å². The number of nitrogens with two attached hydrogens (primary N) is 1. The maximum atomic E-state index is 12.4. The molecule has 0 aromatic rings. The lowest BCUT2D eigenvalue weighted by atomic mass is 9.79. The summed E-state index contributed by atoms with van der Waals surface area (Å²) in [6.07, 6.45) is 5.44. The SMILES string of the molecule is CC(C)C1CCC(N2CCN(C(=O)C(C)C(C)N)CC2)CC1. The topological polar surface area (TPSA) is 49.6 Å². The molecule has 2 atom stereocenters. The highest BCUT2D eigenvalue weighted by atomic mass is 16.2. The first-order chi connectivity index (χ1) is 10.4. The number of rotatable bonds is 4. The Morgan fingerprint density at radius 1 is 0.955 bits per heavy atom. The Hall–Kier alpha value is -0.610. The first-order valence-electron chi connectivity index (χ1n) is 9.18. The summed E-state index contributed by atoms with van der Waals surface area (Å²) in [6, 6.07) is 0.690. The van der Waals surface area contributed by atoms with Crippen molar-refractivity contribution in [2.75, 3.05) is 26.2 Å². The third-order valence-electron chi connectivity index (χ3n) is 6.00. The molecule has 1 saturated carbocycles. The fraction of sp³-hybridized carbons (Fsp3) is 0.944. The standard InChI is InChI=1S/C18H35N3O/c1-13(2)16-5-7-17(8-6-16)20-9-11-21(12-10-20)18(22)14(3)15(4)19/h13-17H,5-12,19H2,1-4H3. The van der Waals surface area contributed by atoms with Gasteiger partial charge < -0.3 is 10.6 Å². The van der Waals surface area contributed by atoms with Crippen LogP contribution in [0.5, 0.6) is 0 Å². The summed E-state index contributed by atoms with van der Waals surface area (Å²) < 4.78 is 0. The molecule has 4 heteroatoms. The minimum atomic E-state index is -0.0620. The highest BCUT2D eigenvalue weighted by Gasteiger charge is 2.31. The average Bonchev–Trinajstić information content (AvgIpc) is 2.53. The van der Waals surface area contributed by atoms with Crippen molar-refractivity contribution in [3.63, 3.8) is 0 Å². The van der Waals surface area contributed by atoms with Crippen LogP contribution >= 0.6 is 0 Å². The number of piperazine rings is 1. The summed E-state index contributed by atoms with van der Waals surface area (Å²) in [4.78, 5) is 17.0. The van der Waals surface area contributed by atoms with Crippen LogP contribution in [0.1, 0.15) is 53.4 Å². The fourth-order valence-corrected chi connectivity index (χ4v) is 3.95. The first kappa shape index (κ1) is 17.7. The van der Waals surface area contributed by atoms with Crippen molar-refractivity contribution in [2.45, 2.75) is 65.5 Å². The Morgan fingerprint density at radius 2 is 1.50 bits per heavy atom.